The summed E-state index contributed by atoms with van der Waals surface area (Å²) in [6.07, 6.45) is 0.0124. The fourth-order valence-corrected chi connectivity index (χ4v) is 1.75. The van der Waals surface area contributed by atoms with Crippen LogP contribution in [0.3, 0.4) is 0 Å². The predicted molar refractivity (Wildman–Crippen MR) is 51.4 cm³/mol. The molecular formula is C10H18O5. The average molecular weight is 218 g/mol. The number of hydrogen-bond donors (Lipinski definition) is 0. The summed E-state index contributed by atoms with van der Waals surface area (Å²) in [5, 5.41) is 0. The molecule has 2 fully saturated rings. The number of epoxide rings is 2. The van der Waals surface area contributed by atoms with E-state index in [9.17, 15) is 0 Å². The zero-order chi connectivity index (χ0) is 11.1. The number of ether oxygens (including phenoxy) is 5. The zero-order valence-corrected chi connectivity index (χ0v) is 9.61. The van der Waals surface area contributed by atoms with E-state index in [4.69, 9.17) is 23.7 Å². The first-order valence-electron chi connectivity index (χ1n) is 5.08. The summed E-state index contributed by atoms with van der Waals surface area (Å²) >= 11 is 0. The molecule has 15 heavy (non-hydrogen) atoms. The molecule has 0 N–H and O–H groups in total. The summed E-state index contributed by atoms with van der Waals surface area (Å²) in [6, 6.07) is 0. The van der Waals surface area contributed by atoms with Crippen molar-refractivity contribution < 1.29 is 23.7 Å². The Labute approximate surface area is 89.6 Å². The van der Waals surface area contributed by atoms with Crippen LogP contribution in [0.4, 0.5) is 0 Å². The molecule has 0 spiro atoms. The Bertz CT molecular complexity index is 222. The molecule has 4 unspecified atom stereocenters. The molecule has 0 aromatic rings. The molecule has 2 aliphatic rings. The Morgan fingerprint density at radius 1 is 0.933 bits per heavy atom. The maximum atomic E-state index is 5.77. The Morgan fingerprint density at radius 2 is 1.33 bits per heavy atom. The van der Waals surface area contributed by atoms with Crippen LogP contribution in [0.2, 0.25) is 0 Å². The van der Waals surface area contributed by atoms with Crippen molar-refractivity contribution in [2.24, 2.45) is 0 Å². The van der Waals surface area contributed by atoms with Crippen molar-refractivity contribution in [1.29, 1.82) is 0 Å². The van der Waals surface area contributed by atoms with Crippen molar-refractivity contribution in [3.05, 3.63) is 0 Å². The molecule has 2 rings (SSSR count). The lowest BCUT2D eigenvalue weighted by Crippen LogP contribution is -2.28. The van der Waals surface area contributed by atoms with Gasteiger partial charge in [-0.15, -0.1) is 0 Å². The number of rotatable bonds is 6. The minimum absolute atomic E-state index is 0.00622. The summed E-state index contributed by atoms with van der Waals surface area (Å²) in [6.45, 7) is 4.88. The molecule has 0 aromatic carbocycles. The van der Waals surface area contributed by atoms with Crippen LogP contribution >= 0.6 is 0 Å². The lowest BCUT2D eigenvalue weighted by atomic mass is 10.2. The normalized spacial score (nSPS) is 48.0. The molecule has 88 valence electrons. The molecule has 2 aliphatic heterocycles. The molecule has 0 aliphatic carbocycles. The maximum Gasteiger partial charge on any atom is 0.198 e. The molecular weight excluding hydrogens is 200 g/mol. The summed E-state index contributed by atoms with van der Waals surface area (Å²) in [5.74, 6) is -1.12. The third kappa shape index (κ3) is 2.16. The van der Waals surface area contributed by atoms with Gasteiger partial charge >= 0.3 is 0 Å². The van der Waals surface area contributed by atoms with Crippen LogP contribution in [0.5, 0.6) is 0 Å². The standard InChI is InChI=1S/C10H18O5/c1-9(7(13-9)5-11-3)15-10(2)8(14-10)6-12-4/h7-8H,5-6H2,1-4H3. The van der Waals surface area contributed by atoms with Crippen LogP contribution in [-0.4, -0.2) is 51.2 Å². The Morgan fingerprint density at radius 3 is 1.67 bits per heavy atom. The van der Waals surface area contributed by atoms with Gasteiger partial charge in [0.05, 0.1) is 13.2 Å². The lowest BCUT2D eigenvalue weighted by molar-refractivity contribution is -0.132. The van der Waals surface area contributed by atoms with Crippen molar-refractivity contribution in [3.63, 3.8) is 0 Å². The molecule has 2 saturated heterocycles. The zero-order valence-electron chi connectivity index (χ0n) is 9.61. The average Bonchev–Trinajstić information content (AvgIpc) is 2.94. The third-order valence-corrected chi connectivity index (χ3v) is 2.85. The van der Waals surface area contributed by atoms with Crippen molar-refractivity contribution in [1.82, 2.24) is 0 Å². The van der Waals surface area contributed by atoms with Gasteiger partial charge in [-0.3, -0.25) is 0 Å². The monoisotopic (exact) mass is 218 g/mol. The highest BCUT2D eigenvalue weighted by molar-refractivity contribution is 4.99. The summed E-state index contributed by atoms with van der Waals surface area (Å²) in [4.78, 5) is 0. The van der Waals surface area contributed by atoms with Gasteiger partial charge in [0.15, 0.2) is 11.6 Å². The summed E-state index contributed by atoms with van der Waals surface area (Å²) < 4.78 is 26.6. The lowest BCUT2D eigenvalue weighted by Gasteiger charge is -2.13. The van der Waals surface area contributed by atoms with Crippen LogP contribution in [0.1, 0.15) is 13.8 Å². The van der Waals surface area contributed by atoms with Gasteiger partial charge in [-0.25, -0.2) is 0 Å². The second kappa shape index (κ2) is 3.68. The van der Waals surface area contributed by atoms with E-state index < -0.39 is 11.6 Å². The van der Waals surface area contributed by atoms with Crippen LogP contribution in [0.15, 0.2) is 0 Å². The second-order valence-corrected chi connectivity index (χ2v) is 4.26. The van der Waals surface area contributed by atoms with E-state index in [1.165, 1.54) is 0 Å². The Balaban J connectivity index is 1.79. The van der Waals surface area contributed by atoms with Gasteiger partial charge in [-0.1, -0.05) is 0 Å². The van der Waals surface area contributed by atoms with E-state index >= 15 is 0 Å². The first-order valence-corrected chi connectivity index (χ1v) is 5.08. The van der Waals surface area contributed by atoms with Crippen molar-refractivity contribution in [3.8, 4) is 0 Å². The topological polar surface area (TPSA) is 52.8 Å². The van der Waals surface area contributed by atoms with Gasteiger partial charge < -0.3 is 23.7 Å². The van der Waals surface area contributed by atoms with E-state index in [0.29, 0.717) is 13.2 Å². The second-order valence-electron chi connectivity index (χ2n) is 4.26. The molecule has 5 nitrogen and oxygen atoms in total. The van der Waals surface area contributed by atoms with Gasteiger partial charge in [-0.05, 0) is 13.8 Å². The van der Waals surface area contributed by atoms with Gasteiger partial charge in [0.2, 0.25) is 0 Å². The minimum atomic E-state index is -0.562. The molecule has 0 amide bonds. The Hall–Kier alpha value is -0.200. The van der Waals surface area contributed by atoms with Crippen LogP contribution in [0.25, 0.3) is 0 Å². The molecule has 2 heterocycles. The molecule has 5 heteroatoms. The largest absolute Gasteiger partial charge is 0.382 e. The van der Waals surface area contributed by atoms with E-state index in [0.717, 1.165) is 0 Å². The van der Waals surface area contributed by atoms with E-state index in [1.54, 1.807) is 14.2 Å². The molecule has 4 atom stereocenters. The summed E-state index contributed by atoms with van der Waals surface area (Å²) in [7, 11) is 3.29. The summed E-state index contributed by atoms with van der Waals surface area (Å²) in [5.41, 5.74) is 0. The third-order valence-electron chi connectivity index (χ3n) is 2.85. The van der Waals surface area contributed by atoms with E-state index in [1.807, 2.05) is 13.8 Å². The first-order chi connectivity index (χ1) is 7.04. The first kappa shape index (κ1) is 11.3. The smallest absolute Gasteiger partial charge is 0.198 e. The fraction of sp³-hybridized carbons (Fsp3) is 1.00. The quantitative estimate of drug-likeness (QED) is 0.608. The van der Waals surface area contributed by atoms with Gasteiger partial charge in [-0.2, -0.15) is 0 Å². The van der Waals surface area contributed by atoms with Crippen molar-refractivity contribution in [2.45, 2.75) is 37.6 Å². The maximum absolute atomic E-state index is 5.77. The van der Waals surface area contributed by atoms with Crippen molar-refractivity contribution >= 4 is 0 Å². The molecule has 0 saturated carbocycles. The minimum Gasteiger partial charge on any atom is -0.382 e. The predicted octanol–water partition coefficient (Wildman–Crippen LogP) is 0.526. The van der Waals surface area contributed by atoms with E-state index in [-0.39, 0.29) is 12.2 Å². The van der Waals surface area contributed by atoms with Crippen LogP contribution < -0.4 is 0 Å². The van der Waals surface area contributed by atoms with Gasteiger partial charge in [0.25, 0.3) is 0 Å². The highest BCUT2D eigenvalue weighted by atomic mass is 16.9. The molecule has 0 aromatic heterocycles. The number of hydrogen-bond acceptors (Lipinski definition) is 5. The van der Waals surface area contributed by atoms with Crippen LogP contribution in [-0.2, 0) is 23.7 Å². The highest BCUT2D eigenvalue weighted by Gasteiger charge is 2.64. The van der Waals surface area contributed by atoms with Crippen LogP contribution in [0, 0.1) is 0 Å². The van der Waals surface area contributed by atoms with Crippen molar-refractivity contribution in [2.75, 3.05) is 27.4 Å². The number of methoxy groups -OCH3 is 2. The molecule has 0 radical (unpaired) electrons. The Kier molecular flexibility index (Phi) is 2.77. The van der Waals surface area contributed by atoms with Gasteiger partial charge in [0.1, 0.15) is 12.2 Å². The highest BCUT2D eigenvalue weighted by Crippen LogP contribution is 2.48. The fourth-order valence-electron chi connectivity index (χ4n) is 1.75. The van der Waals surface area contributed by atoms with Gasteiger partial charge in [0, 0.05) is 14.2 Å². The molecule has 0 bridgehead atoms. The SMILES string of the molecule is COCC1OC1(C)OC1(C)OC1COC. The van der Waals surface area contributed by atoms with E-state index in [2.05, 4.69) is 0 Å².